The Hall–Kier alpha value is -4.93. The van der Waals surface area contributed by atoms with Gasteiger partial charge < -0.3 is 14.6 Å². The van der Waals surface area contributed by atoms with Gasteiger partial charge in [0, 0.05) is 29.3 Å². The standard InChI is InChI=1S/C37H33N3O/c1-28-17-21-32(22-18-28)40(33-23-19-29(2)20-24-33)27-37(41,31-13-7-4-8-14-31)36-38-25-26-39(36)35-16-10-9-15-34(35)30-11-5-3-6-12-30/h3-26,41H,27H2,1-2H3. The van der Waals surface area contributed by atoms with Gasteiger partial charge in [0.05, 0.1) is 12.2 Å². The van der Waals surface area contributed by atoms with Gasteiger partial charge in [-0.15, -0.1) is 0 Å². The van der Waals surface area contributed by atoms with Gasteiger partial charge >= 0.3 is 0 Å². The van der Waals surface area contributed by atoms with Crippen LogP contribution in [0.15, 0.2) is 146 Å². The van der Waals surface area contributed by atoms with E-state index in [1.165, 1.54) is 11.1 Å². The van der Waals surface area contributed by atoms with Crippen molar-refractivity contribution in [3.8, 4) is 16.8 Å². The molecule has 5 aromatic carbocycles. The average molecular weight is 536 g/mol. The Morgan fingerprint density at radius 2 is 1.20 bits per heavy atom. The second-order valence-corrected chi connectivity index (χ2v) is 10.5. The zero-order valence-electron chi connectivity index (χ0n) is 23.4. The number of anilines is 2. The van der Waals surface area contributed by atoms with Crippen molar-refractivity contribution in [1.29, 1.82) is 0 Å². The Bertz CT molecular complexity index is 1680. The SMILES string of the molecule is Cc1ccc(N(CC(O)(c2ccccc2)c2nccn2-c2ccccc2-c2ccccc2)c2ccc(C)cc2)cc1. The molecular formula is C37H33N3O. The normalized spacial score (nSPS) is 12.6. The fraction of sp³-hybridized carbons (Fsp3) is 0.108. The highest BCUT2D eigenvalue weighted by molar-refractivity contribution is 5.73. The first kappa shape index (κ1) is 26.3. The van der Waals surface area contributed by atoms with Gasteiger partial charge in [0.2, 0.25) is 0 Å². The molecule has 1 aromatic heterocycles. The van der Waals surface area contributed by atoms with Gasteiger partial charge in [-0.2, -0.15) is 0 Å². The molecule has 202 valence electrons. The summed E-state index contributed by atoms with van der Waals surface area (Å²) < 4.78 is 2.03. The Kier molecular flexibility index (Phi) is 7.24. The van der Waals surface area contributed by atoms with E-state index in [9.17, 15) is 5.11 Å². The van der Waals surface area contributed by atoms with Crippen LogP contribution in [-0.4, -0.2) is 21.2 Å². The molecule has 0 fully saturated rings. The number of hydrogen-bond acceptors (Lipinski definition) is 3. The zero-order chi connectivity index (χ0) is 28.2. The van der Waals surface area contributed by atoms with Gasteiger partial charge in [0.15, 0.2) is 11.4 Å². The summed E-state index contributed by atoms with van der Waals surface area (Å²) >= 11 is 0. The molecule has 0 aliphatic carbocycles. The number of para-hydroxylation sites is 1. The van der Waals surface area contributed by atoms with Gasteiger partial charge in [-0.1, -0.05) is 114 Å². The average Bonchev–Trinajstić information content (AvgIpc) is 3.53. The van der Waals surface area contributed by atoms with Crippen molar-refractivity contribution in [3.63, 3.8) is 0 Å². The molecule has 0 saturated heterocycles. The van der Waals surface area contributed by atoms with E-state index in [0.29, 0.717) is 5.82 Å². The minimum Gasteiger partial charge on any atom is -0.375 e. The number of aryl methyl sites for hydroxylation is 2. The summed E-state index contributed by atoms with van der Waals surface area (Å²) in [5.41, 5.74) is 6.81. The lowest BCUT2D eigenvalue weighted by Crippen LogP contribution is -2.42. The maximum atomic E-state index is 12.9. The Labute approximate surface area is 241 Å². The van der Waals surface area contributed by atoms with Crippen LogP contribution >= 0.6 is 0 Å². The molecular weight excluding hydrogens is 502 g/mol. The van der Waals surface area contributed by atoms with Crippen molar-refractivity contribution in [2.75, 3.05) is 11.4 Å². The number of hydrogen-bond donors (Lipinski definition) is 1. The van der Waals surface area contributed by atoms with E-state index >= 15 is 0 Å². The zero-order valence-corrected chi connectivity index (χ0v) is 23.4. The highest BCUT2D eigenvalue weighted by atomic mass is 16.3. The van der Waals surface area contributed by atoms with Gasteiger partial charge in [0.25, 0.3) is 0 Å². The van der Waals surface area contributed by atoms with Gasteiger partial charge in [0.1, 0.15) is 0 Å². The summed E-state index contributed by atoms with van der Waals surface area (Å²) in [6.45, 7) is 4.43. The van der Waals surface area contributed by atoms with Crippen LogP contribution in [0.4, 0.5) is 11.4 Å². The first-order valence-corrected chi connectivity index (χ1v) is 13.9. The lowest BCUT2D eigenvalue weighted by molar-refractivity contribution is 0.0790. The smallest absolute Gasteiger partial charge is 0.165 e. The van der Waals surface area contributed by atoms with Crippen LogP contribution in [0, 0.1) is 13.8 Å². The predicted molar refractivity (Wildman–Crippen MR) is 168 cm³/mol. The van der Waals surface area contributed by atoms with Crippen molar-refractivity contribution in [2.45, 2.75) is 19.4 Å². The van der Waals surface area contributed by atoms with Crippen molar-refractivity contribution in [3.05, 3.63) is 168 Å². The minimum atomic E-state index is -1.45. The number of nitrogens with zero attached hydrogens (tertiary/aromatic N) is 3. The third-order valence-corrected chi connectivity index (χ3v) is 7.59. The first-order valence-electron chi connectivity index (χ1n) is 13.9. The molecule has 0 spiro atoms. The molecule has 1 N–H and O–H groups in total. The monoisotopic (exact) mass is 535 g/mol. The van der Waals surface area contributed by atoms with E-state index in [4.69, 9.17) is 4.98 Å². The second kappa shape index (κ2) is 11.3. The maximum Gasteiger partial charge on any atom is 0.165 e. The summed E-state index contributed by atoms with van der Waals surface area (Å²) in [5, 5.41) is 12.9. The summed E-state index contributed by atoms with van der Waals surface area (Å²) in [4.78, 5) is 7.01. The number of benzene rings is 5. The molecule has 0 amide bonds. The Morgan fingerprint density at radius 3 is 1.80 bits per heavy atom. The summed E-state index contributed by atoms with van der Waals surface area (Å²) in [6.07, 6.45) is 3.71. The molecule has 6 aromatic rings. The fourth-order valence-electron chi connectivity index (χ4n) is 5.36. The largest absolute Gasteiger partial charge is 0.375 e. The molecule has 1 unspecified atom stereocenters. The van der Waals surface area contributed by atoms with Crippen LogP contribution < -0.4 is 4.90 Å². The van der Waals surface area contributed by atoms with E-state index in [1.807, 2.05) is 71.4 Å². The van der Waals surface area contributed by atoms with Gasteiger partial charge in [-0.25, -0.2) is 4.98 Å². The third kappa shape index (κ3) is 5.30. The van der Waals surface area contributed by atoms with Crippen LogP contribution in [0.5, 0.6) is 0 Å². The molecule has 4 nitrogen and oxygen atoms in total. The molecule has 0 radical (unpaired) electrons. The van der Waals surface area contributed by atoms with Crippen molar-refractivity contribution >= 4 is 11.4 Å². The quantitative estimate of drug-likeness (QED) is 0.213. The molecule has 0 saturated carbocycles. The van der Waals surface area contributed by atoms with Crippen LogP contribution in [0.2, 0.25) is 0 Å². The summed E-state index contributed by atoms with van der Waals surface area (Å²) in [6, 6.07) is 45.3. The fourth-order valence-corrected chi connectivity index (χ4v) is 5.36. The van der Waals surface area contributed by atoms with Crippen molar-refractivity contribution in [1.82, 2.24) is 9.55 Å². The van der Waals surface area contributed by atoms with E-state index in [0.717, 1.165) is 33.8 Å². The molecule has 0 aliphatic rings. The Morgan fingerprint density at radius 1 is 0.659 bits per heavy atom. The molecule has 41 heavy (non-hydrogen) atoms. The highest BCUT2D eigenvalue weighted by Crippen LogP contribution is 2.37. The van der Waals surface area contributed by atoms with E-state index < -0.39 is 5.60 Å². The summed E-state index contributed by atoms with van der Waals surface area (Å²) in [7, 11) is 0. The van der Waals surface area contributed by atoms with E-state index in [2.05, 4.69) is 91.5 Å². The van der Waals surface area contributed by atoms with Crippen LogP contribution in [0.25, 0.3) is 16.8 Å². The van der Waals surface area contributed by atoms with E-state index in [1.54, 1.807) is 6.20 Å². The number of imidazole rings is 1. The lowest BCUT2D eigenvalue weighted by Gasteiger charge is -2.36. The third-order valence-electron chi connectivity index (χ3n) is 7.59. The number of aliphatic hydroxyl groups is 1. The highest BCUT2D eigenvalue weighted by Gasteiger charge is 2.39. The number of aromatic nitrogens is 2. The topological polar surface area (TPSA) is 41.3 Å². The Balaban J connectivity index is 1.53. The lowest BCUT2D eigenvalue weighted by atomic mass is 9.91. The van der Waals surface area contributed by atoms with Crippen molar-refractivity contribution in [2.24, 2.45) is 0 Å². The molecule has 1 heterocycles. The molecule has 4 heteroatoms. The molecule has 1 atom stereocenters. The van der Waals surface area contributed by atoms with E-state index in [-0.39, 0.29) is 6.54 Å². The molecule has 0 aliphatic heterocycles. The van der Waals surface area contributed by atoms with Crippen LogP contribution in [-0.2, 0) is 5.60 Å². The predicted octanol–water partition coefficient (Wildman–Crippen LogP) is 8.23. The molecule has 0 bridgehead atoms. The second-order valence-electron chi connectivity index (χ2n) is 10.5. The summed E-state index contributed by atoms with van der Waals surface area (Å²) in [5.74, 6) is 0.552. The first-order chi connectivity index (χ1) is 20.0. The van der Waals surface area contributed by atoms with Crippen LogP contribution in [0.3, 0.4) is 0 Å². The number of rotatable bonds is 8. The van der Waals surface area contributed by atoms with Crippen molar-refractivity contribution < 1.29 is 5.11 Å². The molecule has 6 rings (SSSR count). The maximum absolute atomic E-state index is 12.9. The van der Waals surface area contributed by atoms with Crippen LogP contribution in [0.1, 0.15) is 22.5 Å². The minimum absolute atomic E-state index is 0.258. The van der Waals surface area contributed by atoms with Gasteiger partial charge in [-0.05, 0) is 55.3 Å². The van der Waals surface area contributed by atoms with Gasteiger partial charge in [-0.3, -0.25) is 0 Å².